The van der Waals surface area contributed by atoms with Gasteiger partial charge in [-0.05, 0) is 13.0 Å². The molecule has 0 radical (unpaired) electrons. The van der Waals surface area contributed by atoms with Crippen LogP contribution in [0, 0.1) is 10.1 Å². The van der Waals surface area contributed by atoms with Crippen LogP contribution >= 0.6 is 0 Å². The highest BCUT2D eigenvalue weighted by atomic mass is 16.6. The Kier molecular flexibility index (Phi) is 2.05. The van der Waals surface area contributed by atoms with Gasteiger partial charge in [-0.15, -0.1) is 0 Å². The molecule has 0 spiro atoms. The molecule has 0 aromatic rings. The molecule has 0 N–H and O–H groups in total. The van der Waals surface area contributed by atoms with Gasteiger partial charge in [0.15, 0.2) is 0 Å². The van der Waals surface area contributed by atoms with Crippen LogP contribution < -0.4 is 0 Å². The monoisotopic (exact) mass is 101 g/mol. The van der Waals surface area contributed by atoms with E-state index < -0.39 is 4.92 Å². The molecular weight excluding hydrogens is 94.0 g/mol. The lowest BCUT2D eigenvalue weighted by Crippen LogP contribution is -1.91. The van der Waals surface area contributed by atoms with Crippen LogP contribution in [0.5, 0.6) is 0 Å². The minimum Gasteiger partial charge on any atom is -0.259 e. The molecule has 0 aromatic carbocycles. The van der Waals surface area contributed by atoms with Crippen molar-refractivity contribution in [3.05, 3.63) is 21.9 Å². The maximum atomic E-state index is 9.67. The van der Waals surface area contributed by atoms with Crippen molar-refractivity contribution in [1.29, 1.82) is 0 Å². The quantitative estimate of drug-likeness (QED) is 0.367. The Bertz CT molecular complexity index is 106. The molecule has 0 saturated carbocycles. The number of hydrogen-bond acceptors (Lipinski definition) is 2. The number of hydrogen-bond donors (Lipinski definition) is 0. The van der Waals surface area contributed by atoms with Crippen LogP contribution in [-0.4, -0.2) is 4.92 Å². The van der Waals surface area contributed by atoms with Crippen LogP contribution in [0.2, 0.25) is 0 Å². The predicted molar refractivity (Wildman–Crippen MR) is 26.4 cm³/mol. The third-order valence-electron chi connectivity index (χ3n) is 0.706. The van der Waals surface area contributed by atoms with Crippen LogP contribution in [0.4, 0.5) is 0 Å². The molecule has 3 heteroatoms. The lowest BCUT2D eigenvalue weighted by atomic mass is 10.5. The van der Waals surface area contributed by atoms with Crippen molar-refractivity contribution in [3.8, 4) is 0 Å². The van der Waals surface area contributed by atoms with Gasteiger partial charge in [-0.25, -0.2) is 0 Å². The number of nitro groups is 1. The zero-order valence-corrected chi connectivity index (χ0v) is 4.34. The first-order valence-corrected chi connectivity index (χ1v) is 1.95. The molecule has 0 aromatic heterocycles. The molecule has 0 unspecified atom stereocenters. The summed E-state index contributed by atoms with van der Waals surface area (Å²) in [6.07, 6.45) is 1.46. The predicted octanol–water partition coefficient (Wildman–Crippen LogP) is 1.19. The van der Waals surface area contributed by atoms with Crippen molar-refractivity contribution >= 4 is 0 Å². The first-order chi connectivity index (χ1) is 3.18. The second-order valence-electron chi connectivity index (χ2n) is 1.19. The minimum atomic E-state index is -0.417. The van der Waals surface area contributed by atoms with E-state index in [-0.39, 0.29) is 5.70 Å². The highest BCUT2D eigenvalue weighted by molar-refractivity contribution is 4.81. The Morgan fingerprint density at radius 1 is 1.86 bits per heavy atom. The first-order valence-electron chi connectivity index (χ1n) is 1.95. The van der Waals surface area contributed by atoms with Gasteiger partial charge < -0.3 is 0 Å². The minimum absolute atomic E-state index is 0.194. The fraction of sp³-hybridized carbons (Fsp3) is 0.500. The summed E-state index contributed by atoms with van der Waals surface area (Å²) in [4.78, 5) is 9.25. The Hall–Kier alpha value is -0.860. The third-order valence-corrected chi connectivity index (χ3v) is 0.706. The van der Waals surface area contributed by atoms with Crippen LogP contribution in [0.1, 0.15) is 13.8 Å². The zero-order valence-electron chi connectivity index (χ0n) is 4.34. The maximum Gasteiger partial charge on any atom is 0.238 e. The first kappa shape index (κ1) is 6.14. The van der Waals surface area contributed by atoms with Crippen molar-refractivity contribution in [1.82, 2.24) is 0 Å². The fourth-order valence-corrected chi connectivity index (χ4v) is 0.105. The van der Waals surface area contributed by atoms with E-state index in [0.29, 0.717) is 0 Å². The van der Waals surface area contributed by atoms with E-state index in [0.717, 1.165) is 0 Å². The molecule has 7 heavy (non-hydrogen) atoms. The molecule has 0 atom stereocenters. The normalized spacial score (nSPS) is 11.4. The van der Waals surface area contributed by atoms with Crippen molar-refractivity contribution in [2.45, 2.75) is 13.8 Å². The average molecular weight is 101 g/mol. The van der Waals surface area contributed by atoms with E-state index in [1.807, 2.05) is 0 Å². The van der Waals surface area contributed by atoms with E-state index in [2.05, 4.69) is 0 Å². The molecule has 3 nitrogen and oxygen atoms in total. The molecule has 0 bridgehead atoms. The molecule has 0 rings (SSSR count). The molecule has 0 saturated heterocycles. The molecular formula is C4H7NO2. The van der Waals surface area contributed by atoms with Gasteiger partial charge in [-0.1, -0.05) is 0 Å². The summed E-state index contributed by atoms with van der Waals surface area (Å²) in [6, 6.07) is 0. The van der Waals surface area contributed by atoms with Gasteiger partial charge >= 0.3 is 0 Å². The standard InChI is InChI=1S/C4H7NO2/c1-3-4(2)5(6)7/h3H,1-2H3. The number of rotatable bonds is 1. The zero-order chi connectivity index (χ0) is 5.86. The molecule has 0 aliphatic heterocycles. The van der Waals surface area contributed by atoms with Gasteiger partial charge in [0.2, 0.25) is 5.70 Å². The van der Waals surface area contributed by atoms with Crippen molar-refractivity contribution in [2.24, 2.45) is 0 Å². The highest BCUT2D eigenvalue weighted by Crippen LogP contribution is 1.88. The second kappa shape index (κ2) is 2.34. The summed E-state index contributed by atoms with van der Waals surface area (Å²) >= 11 is 0. The Balaban J connectivity index is 3.82. The van der Waals surface area contributed by atoms with E-state index in [1.165, 1.54) is 13.0 Å². The molecule has 0 aliphatic rings. The lowest BCUT2D eigenvalue weighted by Gasteiger charge is -1.81. The van der Waals surface area contributed by atoms with Gasteiger partial charge in [0.1, 0.15) is 0 Å². The maximum absolute atomic E-state index is 9.67. The van der Waals surface area contributed by atoms with Crippen molar-refractivity contribution in [2.75, 3.05) is 0 Å². The third kappa shape index (κ3) is 1.92. The SMILES string of the molecule is CC=C(C)[N+](=O)[O-]. The van der Waals surface area contributed by atoms with Crippen LogP contribution in [0.3, 0.4) is 0 Å². The summed E-state index contributed by atoms with van der Waals surface area (Å²) in [7, 11) is 0. The van der Waals surface area contributed by atoms with Gasteiger partial charge in [0.25, 0.3) is 0 Å². The molecule has 0 aliphatic carbocycles. The molecule has 0 amide bonds. The smallest absolute Gasteiger partial charge is 0.238 e. The molecule has 40 valence electrons. The number of nitrogens with zero attached hydrogens (tertiary/aromatic N) is 1. The Morgan fingerprint density at radius 2 is 2.29 bits per heavy atom. The average Bonchev–Trinajstić information content (AvgIpc) is 1.65. The summed E-state index contributed by atoms with van der Waals surface area (Å²) in [5.41, 5.74) is 0.194. The largest absolute Gasteiger partial charge is 0.259 e. The van der Waals surface area contributed by atoms with Gasteiger partial charge in [-0.2, -0.15) is 0 Å². The second-order valence-corrected chi connectivity index (χ2v) is 1.19. The topological polar surface area (TPSA) is 43.1 Å². The molecule has 0 heterocycles. The van der Waals surface area contributed by atoms with Crippen molar-refractivity contribution < 1.29 is 4.92 Å². The summed E-state index contributed by atoms with van der Waals surface area (Å²) < 4.78 is 0. The Morgan fingerprint density at radius 3 is 2.29 bits per heavy atom. The summed E-state index contributed by atoms with van der Waals surface area (Å²) in [5, 5.41) is 9.67. The number of allylic oxidation sites excluding steroid dienone is 2. The van der Waals surface area contributed by atoms with Gasteiger partial charge in [0.05, 0.1) is 4.92 Å². The Labute approximate surface area is 41.8 Å². The van der Waals surface area contributed by atoms with E-state index in [9.17, 15) is 10.1 Å². The molecule has 0 fully saturated rings. The van der Waals surface area contributed by atoms with Crippen molar-refractivity contribution in [3.63, 3.8) is 0 Å². The van der Waals surface area contributed by atoms with E-state index in [1.54, 1.807) is 6.92 Å². The lowest BCUT2D eigenvalue weighted by molar-refractivity contribution is -0.424. The van der Waals surface area contributed by atoms with E-state index in [4.69, 9.17) is 0 Å². The van der Waals surface area contributed by atoms with Crippen LogP contribution in [-0.2, 0) is 0 Å². The van der Waals surface area contributed by atoms with Crippen LogP contribution in [0.15, 0.2) is 11.8 Å². The van der Waals surface area contributed by atoms with Gasteiger partial charge in [0, 0.05) is 6.92 Å². The fourth-order valence-electron chi connectivity index (χ4n) is 0.105. The highest BCUT2D eigenvalue weighted by Gasteiger charge is 1.94. The van der Waals surface area contributed by atoms with E-state index >= 15 is 0 Å². The summed E-state index contributed by atoms with van der Waals surface area (Å²) in [5.74, 6) is 0. The van der Waals surface area contributed by atoms with Crippen LogP contribution in [0.25, 0.3) is 0 Å². The summed E-state index contributed by atoms with van der Waals surface area (Å²) in [6.45, 7) is 3.10. The van der Waals surface area contributed by atoms with Gasteiger partial charge in [-0.3, -0.25) is 10.1 Å².